The van der Waals surface area contributed by atoms with Crippen molar-refractivity contribution in [3.05, 3.63) is 41.2 Å². The van der Waals surface area contributed by atoms with Crippen molar-refractivity contribution in [1.29, 1.82) is 0 Å². The fraction of sp³-hybridized carbons (Fsp3) is 0.474. The highest BCUT2D eigenvalue weighted by Gasteiger charge is 2.15. The van der Waals surface area contributed by atoms with Crippen molar-refractivity contribution >= 4 is 5.91 Å². The number of rotatable bonds is 8. The topological polar surface area (TPSA) is 65.4 Å². The summed E-state index contributed by atoms with van der Waals surface area (Å²) in [4.78, 5) is 12.4. The molecule has 1 unspecified atom stereocenters. The lowest BCUT2D eigenvalue weighted by atomic mass is 10.1. The van der Waals surface area contributed by atoms with Crippen LogP contribution in [0.25, 0.3) is 0 Å². The van der Waals surface area contributed by atoms with Crippen LogP contribution in [-0.4, -0.2) is 28.9 Å². The number of nitrogens with one attached hydrogen (secondary N) is 1. The first-order chi connectivity index (χ1) is 11.9. The van der Waals surface area contributed by atoms with Crippen molar-refractivity contribution in [1.82, 2.24) is 15.1 Å². The van der Waals surface area contributed by atoms with E-state index in [2.05, 4.69) is 10.4 Å². The largest absolute Gasteiger partial charge is 0.490 e. The second kappa shape index (κ2) is 8.55. The molecule has 1 heterocycles. The summed E-state index contributed by atoms with van der Waals surface area (Å²) in [6, 6.07) is 5.53. The number of carbonyl (C=O) groups is 1. The van der Waals surface area contributed by atoms with Crippen LogP contribution in [0, 0.1) is 6.92 Å². The summed E-state index contributed by atoms with van der Waals surface area (Å²) >= 11 is 0. The zero-order valence-corrected chi connectivity index (χ0v) is 15.6. The Morgan fingerprint density at radius 3 is 2.52 bits per heavy atom. The fourth-order valence-electron chi connectivity index (χ4n) is 2.80. The summed E-state index contributed by atoms with van der Waals surface area (Å²) in [6.07, 6.45) is 2.22. The summed E-state index contributed by atoms with van der Waals surface area (Å²) in [5, 5.41) is 7.34. The SMILES string of the molecule is CCOc1ccc(CC(=O)NC(C)c2cn(C)nc2C)cc1OCC. The maximum Gasteiger partial charge on any atom is 0.224 e. The van der Waals surface area contributed by atoms with Gasteiger partial charge in [-0.3, -0.25) is 9.48 Å². The van der Waals surface area contributed by atoms with E-state index in [-0.39, 0.29) is 18.4 Å². The minimum absolute atomic E-state index is 0.0395. The second-order valence-corrected chi connectivity index (χ2v) is 5.96. The van der Waals surface area contributed by atoms with Crippen molar-refractivity contribution in [2.45, 2.75) is 40.2 Å². The molecule has 6 nitrogen and oxygen atoms in total. The Balaban J connectivity index is 2.04. The summed E-state index contributed by atoms with van der Waals surface area (Å²) in [5.41, 5.74) is 2.84. The first kappa shape index (κ1) is 18.8. The minimum atomic E-state index is -0.0877. The van der Waals surface area contributed by atoms with E-state index in [0.717, 1.165) is 16.8 Å². The van der Waals surface area contributed by atoms with E-state index >= 15 is 0 Å². The molecule has 1 amide bonds. The number of aryl methyl sites for hydroxylation is 2. The van der Waals surface area contributed by atoms with E-state index in [4.69, 9.17) is 9.47 Å². The molecule has 1 N–H and O–H groups in total. The van der Waals surface area contributed by atoms with Crippen molar-refractivity contribution in [2.24, 2.45) is 7.05 Å². The number of ether oxygens (including phenoxy) is 2. The van der Waals surface area contributed by atoms with Gasteiger partial charge < -0.3 is 14.8 Å². The number of hydrogen-bond donors (Lipinski definition) is 1. The van der Waals surface area contributed by atoms with E-state index < -0.39 is 0 Å². The van der Waals surface area contributed by atoms with E-state index in [1.165, 1.54) is 0 Å². The molecular formula is C19H27N3O3. The zero-order valence-electron chi connectivity index (χ0n) is 15.6. The van der Waals surface area contributed by atoms with Gasteiger partial charge in [-0.1, -0.05) is 6.07 Å². The average Bonchev–Trinajstić information content (AvgIpc) is 2.89. The molecule has 0 fully saturated rings. The van der Waals surface area contributed by atoms with Gasteiger partial charge in [-0.2, -0.15) is 5.10 Å². The molecule has 0 saturated heterocycles. The van der Waals surface area contributed by atoms with Gasteiger partial charge in [-0.25, -0.2) is 0 Å². The Kier molecular flexibility index (Phi) is 6.44. The van der Waals surface area contributed by atoms with E-state index in [1.807, 2.05) is 59.1 Å². The van der Waals surface area contributed by atoms with Crippen LogP contribution in [0.4, 0.5) is 0 Å². The lowest BCUT2D eigenvalue weighted by Crippen LogP contribution is -2.28. The van der Waals surface area contributed by atoms with Crippen molar-refractivity contribution in [3.63, 3.8) is 0 Å². The van der Waals surface area contributed by atoms with Gasteiger partial charge >= 0.3 is 0 Å². The number of hydrogen-bond acceptors (Lipinski definition) is 4. The lowest BCUT2D eigenvalue weighted by molar-refractivity contribution is -0.121. The highest BCUT2D eigenvalue weighted by atomic mass is 16.5. The third kappa shape index (κ3) is 4.98. The molecule has 1 atom stereocenters. The molecule has 6 heteroatoms. The van der Waals surface area contributed by atoms with Gasteiger partial charge in [0.1, 0.15) is 0 Å². The first-order valence-corrected chi connectivity index (χ1v) is 8.62. The van der Waals surface area contributed by atoms with E-state index in [1.54, 1.807) is 4.68 Å². The fourth-order valence-corrected chi connectivity index (χ4v) is 2.80. The Hall–Kier alpha value is -2.50. The molecule has 2 aromatic rings. The molecule has 0 aliphatic heterocycles. The number of nitrogens with zero attached hydrogens (tertiary/aromatic N) is 2. The van der Waals surface area contributed by atoms with Crippen molar-refractivity contribution in [2.75, 3.05) is 13.2 Å². The molecule has 1 aromatic carbocycles. The van der Waals surface area contributed by atoms with Gasteiger partial charge in [0, 0.05) is 18.8 Å². The van der Waals surface area contributed by atoms with Gasteiger partial charge in [0.25, 0.3) is 0 Å². The summed E-state index contributed by atoms with van der Waals surface area (Å²) < 4.78 is 12.9. The molecular weight excluding hydrogens is 318 g/mol. The molecule has 1 aromatic heterocycles. The maximum atomic E-state index is 12.4. The molecule has 0 spiro atoms. The Morgan fingerprint density at radius 2 is 1.92 bits per heavy atom. The molecule has 136 valence electrons. The molecule has 0 radical (unpaired) electrons. The lowest BCUT2D eigenvalue weighted by Gasteiger charge is -2.15. The Labute approximate surface area is 149 Å². The normalized spacial score (nSPS) is 11.9. The van der Waals surface area contributed by atoms with Crippen LogP contribution in [0.2, 0.25) is 0 Å². The van der Waals surface area contributed by atoms with Gasteiger partial charge in [0.15, 0.2) is 11.5 Å². The van der Waals surface area contributed by atoms with Crippen LogP contribution < -0.4 is 14.8 Å². The van der Waals surface area contributed by atoms with Crippen LogP contribution in [0.3, 0.4) is 0 Å². The predicted octanol–water partition coefficient (Wildman–Crippen LogP) is 2.95. The van der Waals surface area contributed by atoms with Crippen LogP contribution >= 0.6 is 0 Å². The minimum Gasteiger partial charge on any atom is -0.490 e. The average molecular weight is 345 g/mol. The smallest absolute Gasteiger partial charge is 0.224 e. The van der Waals surface area contributed by atoms with E-state index in [9.17, 15) is 4.79 Å². The number of amides is 1. The highest BCUT2D eigenvalue weighted by molar-refractivity contribution is 5.79. The molecule has 0 saturated carbocycles. The highest BCUT2D eigenvalue weighted by Crippen LogP contribution is 2.28. The molecule has 0 aliphatic rings. The van der Waals surface area contributed by atoms with Crippen LogP contribution in [-0.2, 0) is 18.3 Å². The van der Waals surface area contributed by atoms with Gasteiger partial charge in [-0.15, -0.1) is 0 Å². The zero-order chi connectivity index (χ0) is 18.4. The third-order valence-electron chi connectivity index (χ3n) is 3.87. The molecule has 2 rings (SSSR count). The van der Waals surface area contributed by atoms with Crippen LogP contribution in [0.5, 0.6) is 11.5 Å². The molecule has 0 bridgehead atoms. The standard InChI is InChI=1S/C19H27N3O3/c1-6-24-17-9-8-15(10-18(17)25-7-2)11-19(23)20-13(3)16-12-22(5)21-14(16)4/h8-10,12-13H,6-7,11H2,1-5H3,(H,20,23). The first-order valence-electron chi connectivity index (χ1n) is 8.62. The van der Waals surface area contributed by atoms with Gasteiger partial charge in [-0.05, 0) is 45.4 Å². The van der Waals surface area contributed by atoms with Crippen LogP contribution in [0.1, 0.15) is 43.6 Å². The van der Waals surface area contributed by atoms with Crippen molar-refractivity contribution in [3.8, 4) is 11.5 Å². The maximum absolute atomic E-state index is 12.4. The summed E-state index contributed by atoms with van der Waals surface area (Å²) in [7, 11) is 1.88. The third-order valence-corrected chi connectivity index (χ3v) is 3.87. The molecule has 0 aliphatic carbocycles. The number of benzene rings is 1. The number of aromatic nitrogens is 2. The van der Waals surface area contributed by atoms with Crippen LogP contribution in [0.15, 0.2) is 24.4 Å². The Bertz CT molecular complexity index is 725. The number of carbonyl (C=O) groups excluding carboxylic acids is 1. The Morgan fingerprint density at radius 1 is 1.24 bits per heavy atom. The quantitative estimate of drug-likeness (QED) is 0.799. The van der Waals surface area contributed by atoms with Gasteiger partial charge in [0.05, 0.1) is 31.4 Å². The monoisotopic (exact) mass is 345 g/mol. The van der Waals surface area contributed by atoms with E-state index in [0.29, 0.717) is 24.7 Å². The summed E-state index contributed by atoms with van der Waals surface area (Å²) in [6.45, 7) is 8.88. The van der Waals surface area contributed by atoms with Gasteiger partial charge in [0.2, 0.25) is 5.91 Å². The second-order valence-electron chi connectivity index (χ2n) is 5.96. The van der Waals surface area contributed by atoms with Crippen molar-refractivity contribution < 1.29 is 14.3 Å². The molecule has 25 heavy (non-hydrogen) atoms. The predicted molar refractivity (Wildman–Crippen MR) is 97.0 cm³/mol. The summed E-state index contributed by atoms with van der Waals surface area (Å²) in [5.74, 6) is 1.33.